The van der Waals surface area contributed by atoms with Crippen LogP contribution in [0.4, 0.5) is 0 Å². The molecule has 24 heavy (non-hydrogen) atoms. The van der Waals surface area contributed by atoms with E-state index in [1.54, 1.807) is 0 Å². The average Bonchev–Trinajstić information content (AvgIpc) is 3.07. The molecule has 0 radical (unpaired) electrons. The number of hydrazine groups is 1. The molecule has 0 spiro atoms. The summed E-state index contributed by atoms with van der Waals surface area (Å²) in [6.07, 6.45) is 7.11. The minimum Gasteiger partial charge on any atom is -0.273 e. The molecule has 1 fully saturated rings. The molecule has 1 saturated heterocycles. The van der Waals surface area contributed by atoms with E-state index < -0.39 is 21.7 Å². The largest absolute Gasteiger partial charge is 0.279 e. The molecule has 2 amide bonds. The molecular formula is C16H22N2O4S2. The van der Waals surface area contributed by atoms with Crippen LogP contribution in [-0.4, -0.2) is 31.7 Å². The van der Waals surface area contributed by atoms with Crippen LogP contribution >= 0.6 is 11.3 Å². The van der Waals surface area contributed by atoms with Crippen molar-refractivity contribution in [2.75, 3.05) is 11.5 Å². The van der Waals surface area contributed by atoms with Crippen molar-refractivity contribution in [1.29, 1.82) is 0 Å². The zero-order valence-corrected chi connectivity index (χ0v) is 15.1. The van der Waals surface area contributed by atoms with Gasteiger partial charge in [0.2, 0.25) is 5.91 Å². The molecule has 1 aliphatic heterocycles. The number of aryl methyl sites for hydroxylation is 2. The van der Waals surface area contributed by atoms with Gasteiger partial charge in [0.25, 0.3) is 5.91 Å². The quantitative estimate of drug-likeness (QED) is 0.774. The molecule has 1 aliphatic carbocycles. The van der Waals surface area contributed by atoms with Crippen molar-refractivity contribution in [3.05, 3.63) is 21.4 Å². The molecule has 8 heteroatoms. The molecule has 0 unspecified atom stereocenters. The van der Waals surface area contributed by atoms with E-state index in [0.717, 1.165) is 25.7 Å². The van der Waals surface area contributed by atoms with Crippen molar-refractivity contribution < 1.29 is 18.0 Å². The summed E-state index contributed by atoms with van der Waals surface area (Å²) in [4.78, 5) is 26.1. The highest BCUT2D eigenvalue weighted by molar-refractivity contribution is 7.91. The SMILES string of the molecule is O=C(NNC(=O)[C@H]1CCS(=O)(=O)C1)c1cc2c(s1)CCCCCC2. The first-order chi connectivity index (χ1) is 11.4. The number of thiophene rings is 1. The summed E-state index contributed by atoms with van der Waals surface area (Å²) >= 11 is 1.49. The van der Waals surface area contributed by atoms with E-state index in [9.17, 15) is 18.0 Å². The number of fused-ring (bicyclic) bond motifs is 1. The maximum Gasteiger partial charge on any atom is 0.279 e. The summed E-state index contributed by atoms with van der Waals surface area (Å²) in [5, 5.41) is 0. The van der Waals surface area contributed by atoms with Gasteiger partial charge < -0.3 is 0 Å². The molecule has 1 aromatic heterocycles. The molecule has 2 N–H and O–H groups in total. The highest BCUT2D eigenvalue weighted by Crippen LogP contribution is 2.28. The Hall–Kier alpha value is -1.41. The van der Waals surface area contributed by atoms with Gasteiger partial charge in [0.1, 0.15) is 0 Å². The summed E-state index contributed by atoms with van der Waals surface area (Å²) in [5.74, 6) is -1.43. The average molecular weight is 370 g/mol. The van der Waals surface area contributed by atoms with E-state index in [0.29, 0.717) is 11.3 Å². The number of carbonyl (C=O) groups excluding carboxylic acids is 2. The van der Waals surface area contributed by atoms with E-state index >= 15 is 0 Å². The number of sulfone groups is 1. The number of rotatable bonds is 2. The van der Waals surface area contributed by atoms with Gasteiger partial charge in [0, 0.05) is 4.88 Å². The smallest absolute Gasteiger partial charge is 0.273 e. The molecule has 0 saturated carbocycles. The third kappa shape index (κ3) is 4.16. The lowest BCUT2D eigenvalue weighted by Crippen LogP contribution is -2.44. The van der Waals surface area contributed by atoms with Crippen molar-refractivity contribution in [1.82, 2.24) is 10.9 Å². The lowest BCUT2D eigenvalue weighted by atomic mass is 10.00. The number of carbonyl (C=O) groups is 2. The lowest BCUT2D eigenvalue weighted by Gasteiger charge is -2.09. The van der Waals surface area contributed by atoms with Gasteiger partial charge in [-0.1, -0.05) is 12.8 Å². The van der Waals surface area contributed by atoms with Crippen LogP contribution in [0.2, 0.25) is 0 Å². The fourth-order valence-electron chi connectivity index (χ4n) is 3.24. The minimum atomic E-state index is -3.11. The molecule has 0 aromatic carbocycles. The highest BCUT2D eigenvalue weighted by atomic mass is 32.2. The highest BCUT2D eigenvalue weighted by Gasteiger charge is 2.33. The summed E-state index contributed by atoms with van der Waals surface area (Å²) in [6.45, 7) is 0. The third-order valence-corrected chi connectivity index (χ3v) is 7.63. The van der Waals surface area contributed by atoms with Gasteiger partial charge in [-0.05, 0) is 43.7 Å². The second kappa shape index (κ2) is 7.23. The zero-order valence-electron chi connectivity index (χ0n) is 13.5. The van der Waals surface area contributed by atoms with Gasteiger partial charge in [-0.2, -0.15) is 0 Å². The maximum absolute atomic E-state index is 12.2. The first kappa shape index (κ1) is 17.4. The standard InChI is InChI=1S/C16H22N2O4S2/c19-15(12-7-8-24(21,22)10-12)17-18-16(20)14-9-11-5-3-1-2-4-6-13(11)23-14/h9,12H,1-8,10H2,(H,17,19)(H,18,20)/t12-/m0/s1. The van der Waals surface area contributed by atoms with Crippen molar-refractivity contribution >= 4 is 33.0 Å². The van der Waals surface area contributed by atoms with Crippen LogP contribution in [0.1, 0.15) is 52.2 Å². The fourth-order valence-corrected chi connectivity index (χ4v) is 6.13. The van der Waals surface area contributed by atoms with Crippen molar-refractivity contribution in [2.45, 2.75) is 44.9 Å². The molecule has 1 aromatic rings. The Morgan fingerprint density at radius 1 is 1.08 bits per heavy atom. The Kier molecular flexibility index (Phi) is 5.24. The maximum atomic E-state index is 12.2. The second-order valence-corrected chi connectivity index (χ2v) is 9.88. The van der Waals surface area contributed by atoms with Crippen LogP contribution in [0.25, 0.3) is 0 Å². The first-order valence-electron chi connectivity index (χ1n) is 8.37. The topological polar surface area (TPSA) is 92.3 Å². The summed E-state index contributed by atoms with van der Waals surface area (Å²) in [6, 6.07) is 1.92. The van der Waals surface area contributed by atoms with Gasteiger partial charge in [0.05, 0.1) is 22.3 Å². The van der Waals surface area contributed by atoms with E-state index in [2.05, 4.69) is 10.9 Å². The van der Waals surface area contributed by atoms with Crippen molar-refractivity contribution in [3.63, 3.8) is 0 Å². The van der Waals surface area contributed by atoms with E-state index in [4.69, 9.17) is 0 Å². The number of amides is 2. The monoisotopic (exact) mass is 370 g/mol. The molecule has 2 aliphatic rings. The Labute approximate surface area is 145 Å². The molecule has 0 bridgehead atoms. The first-order valence-corrected chi connectivity index (χ1v) is 11.0. The third-order valence-electron chi connectivity index (χ3n) is 4.62. The van der Waals surface area contributed by atoms with Gasteiger partial charge in [-0.3, -0.25) is 20.4 Å². The molecule has 2 heterocycles. The Bertz CT molecular complexity index is 714. The van der Waals surface area contributed by atoms with Gasteiger partial charge in [-0.25, -0.2) is 8.42 Å². The summed E-state index contributed by atoms with van der Waals surface area (Å²) < 4.78 is 22.8. The molecule has 1 atom stereocenters. The zero-order chi connectivity index (χ0) is 17.2. The van der Waals surface area contributed by atoms with Crippen LogP contribution in [-0.2, 0) is 27.5 Å². The van der Waals surface area contributed by atoms with Crippen LogP contribution in [0.15, 0.2) is 6.07 Å². The number of hydrogen-bond donors (Lipinski definition) is 2. The fraction of sp³-hybridized carbons (Fsp3) is 0.625. The van der Waals surface area contributed by atoms with E-state index in [-0.39, 0.29) is 17.4 Å². The predicted octanol–water partition coefficient (Wildman–Crippen LogP) is 1.60. The molecule has 6 nitrogen and oxygen atoms in total. The van der Waals surface area contributed by atoms with Crippen LogP contribution in [0.3, 0.4) is 0 Å². The minimum absolute atomic E-state index is 0.0384. The Balaban J connectivity index is 1.57. The number of hydrogen-bond acceptors (Lipinski definition) is 5. The Morgan fingerprint density at radius 2 is 1.83 bits per heavy atom. The molecule has 132 valence electrons. The van der Waals surface area contributed by atoms with Crippen LogP contribution in [0, 0.1) is 5.92 Å². The van der Waals surface area contributed by atoms with Crippen molar-refractivity contribution in [2.24, 2.45) is 5.92 Å². The molecule has 3 rings (SSSR count). The van der Waals surface area contributed by atoms with Gasteiger partial charge in [0.15, 0.2) is 9.84 Å². The predicted molar refractivity (Wildman–Crippen MR) is 92.6 cm³/mol. The van der Waals surface area contributed by atoms with Gasteiger partial charge >= 0.3 is 0 Å². The normalized spacial score (nSPS) is 22.9. The second-order valence-electron chi connectivity index (χ2n) is 6.52. The van der Waals surface area contributed by atoms with Gasteiger partial charge in [-0.15, -0.1) is 11.3 Å². The lowest BCUT2D eigenvalue weighted by molar-refractivity contribution is -0.125. The summed E-state index contributed by atoms with van der Waals surface area (Å²) in [5.41, 5.74) is 6.04. The van der Waals surface area contributed by atoms with E-state index in [1.165, 1.54) is 34.6 Å². The summed E-state index contributed by atoms with van der Waals surface area (Å²) in [7, 11) is -3.11. The Morgan fingerprint density at radius 3 is 2.54 bits per heavy atom. The van der Waals surface area contributed by atoms with Crippen molar-refractivity contribution in [3.8, 4) is 0 Å². The van der Waals surface area contributed by atoms with E-state index in [1.807, 2.05) is 6.07 Å². The van der Waals surface area contributed by atoms with Crippen LogP contribution in [0.5, 0.6) is 0 Å². The number of nitrogens with one attached hydrogen (secondary N) is 2. The van der Waals surface area contributed by atoms with Crippen LogP contribution < -0.4 is 10.9 Å². The molecular weight excluding hydrogens is 348 g/mol.